The second-order valence-electron chi connectivity index (χ2n) is 6.41. The number of unbranched alkanes of at least 4 members (excludes halogenated alkanes) is 1. The highest BCUT2D eigenvalue weighted by Gasteiger charge is 2.23. The lowest BCUT2D eigenvalue weighted by Crippen LogP contribution is -2.17. The molecule has 0 aliphatic rings. The Morgan fingerprint density at radius 2 is 1.93 bits per heavy atom. The van der Waals surface area contributed by atoms with Gasteiger partial charge in [-0.3, -0.25) is 4.79 Å². The van der Waals surface area contributed by atoms with Crippen LogP contribution in [0.2, 0.25) is 0 Å². The third-order valence-electron chi connectivity index (χ3n) is 3.85. The summed E-state index contributed by atoms with van der Waals surface area (Å²) in [6.07, 6.45) is 3.54. The molecule has 1 aromatic carbocycles. The molecule has 1 N–H and O–H groups in total. The maximum absolute atomic E-state index is 12.2. The molecule has 0 bridgehead atoms. The van der Waals surface area contributed by atoms with Crippen molar-refractivity contribution in [3.05, 3.63) is 48.2 Å². The number of rotatable bonds is 10. The van der Waals surface area contributed by atoms with Crippen molar-refractivity contribution in [1.29, 1.82) is 0 Å². The van der Waals surface area contributed by atoms with Crippen LogP contribution < -0.4 is 15.4 Å². The van der Waals surface area contributed by atoms with Gasteiger partial charge in [0.2, 0.25) is 11.2 Å². The molecule has 0 fully saturated rings. The molecule has 0 aliphatic carbocycles. The third kappa shape index (κ3) is 7.08. The first-order chi connectivity index (χ1) is 13.0. The van der Waals surface area contributed by atoms with Gasteiger partial charge in [0, 0.05) is 6.07 Å². The standard InChI is InChI=1S/C20H25N2O4P/c1-4-5-12-25-20-11-8-17(13-21-20)22-19(23)14-26-27(24)18-9-6-16(7-10-18)15(2)3/h6-11,13,15H,4-5,12,14H2,1-3H3/p+1. The van der Waals surface area contributed by atoms with Gasteiger partial charge in [-0.2, -0.15) is 0 Å². The summed E-state index contributed by atoms with van der Waals surface area (Å²) in [6, 6.07) is 10.8. The van der Waals surface area contributed by atoms with E-state index in [2.05, 4.69) is 31.1 Å². The second-order valence-corrected chi connectivity index (χ2v) is 7.70. The Bertz CT molecular complexity index is 746. The van der Waals surface area contributed by atoms with Gasteiger partial charge in [0.05, 0.1) is 18.5 Å². The number of nitrogens with one attached hydrogen (secondary N) is 1. The van der Waals surface area contributed by atoms with Crippen LogP contribution in [-0.4, -0.2) is 24.1 Å². The number of nitrogens with zero attached hydrogens (tertiary/aromatic N) is 1. The molecule has 27 heavy (non-hydrogen) atoms. The van der Waals surface area contributed by atoms with E-state index in [4.69, 9.17) is 9.26 Å². The summed E-state index contributed by atoms with van der Waals surface area (Å²) >= 11 is 0. The Labute approximate surface area is 161 Å². The molecular formula is C20H26N2O4P+. The number of carbonyl (C=O) groups is 1. The molecule has 0 saturated carbocycles. The summed E-state index contributed by atoms with van der Waals surface area (Å²) in [7, 11) is -2.07. The summed E-state index contributed by atoms with van der Waals surface area (Å²) in [5.74, 6) is 0.532. The molecule has 6 nitrogen and oxygen atoms in total. The van der Waals surface area contributed by atoms with Gasteiger partial charge in [-0.25, -0.2) is 4.98 Å². The molecule has 7 heteroatoms. The Morgan fingerprint density at radius 3 is 2.52 bits per heavy atom. The van der Waals surface area contributed by atoms with Crippen LogP contribution in [0, 0.1) is 0 Å². The van der Waals surface area contributed by atoms with Gasteiger partial charge < -0.3 is 10.1 Å². The zero-order valence-corrected chi connectivity index (χ0v) is 16.9. The van der Waals surface area contributed by atoms with Crippen molar-refractivity contribution in [1.82, 2.24) is 4.98 Å². The van der Waals surface area contributed by atoms with E-state index in [1.54, 1.807) is 24.3 Å². The average Bonchev–Trinajstić information content (AvgIpc) is 2.67. The zero-order chi connectivity index (χ0) is 19.6. The molecule has 1 aromatic heterocycles. The minimum atomic E-state index is -2.07. The molecule has 0 saturated heterocycles. The molecule has 0 spiro atoms. The van der Waals surface area contributed by atoms with Crippen molar-refractivity contribution >= 4 is 24.9 Å². The van der Waals surface area contributed by atoms with Crippen LogP contribution in [0.1, 0.15) is 45.1 Å². The topological polar surface area (TPSA) is 77.5 Å². The molecule has 1 heterocycles. The van der Waals surface area contributed by atoms with Crippen LogP contribution in [0.3, 0.4) is 0 Å². The number of hydrogen-bond acceptors (Lipinski definition) is 5. The maximum atomic E-state index is 12.2. The quantitative estimate of drug-likeness (QED) is 0.481. The Balaban J connectivity index is 1.79. The first kappa shape index (κ1) is 21.0. The van der Waals surface area contributed by atoms with Crippen LogP contribution in [0.15, 0.2) is 42.6 Å². The minimum Gasteiger partial charge on any atom is -0.478 e. The molecule has 0 aliphatic heterocycles. The van der Waals surface area contributed by atoms with E-state index in [9.17, 15) is 9.36 Å². The second kappa shape index (κ2) is 10.8. The number of aromatic nitrogens is 1. The number of carbonyl (C=O) groups excluding carboxylic acids is 1. The molecule has 2 aromatic rings. The van der Waals surface area contributed by atoms with Crippen molar-refractivity contribution in [2.45, 2.75) is 39.5 Å². The fraction of sp³-hybridized carbons (Fsp3) is 0.400. The average molecular weight is 389 g/mol. The van der Waals surface area contributed by atoms with Crippen LogP contribution in [0.25, 0.3) is 0 Å². The fourth-order valence-electron chi connectivity index (χ4n) is 2.23. The summed E-state index contributed by atoms with van der Waals surface area (Å²) in [5, 5.41) is 3.22. The monoisotopic (exact) mass is 389 g/mol. The van der Waals surface area contributed by atoms with Crippen LogP contribution >= 0.6 is 8.03 Å². The summed E-state index contributed by atoms with van der Waals surface area (Å²) in [6.45, 7) is 6.60. The van der Waals surface area contributed by atoms with Crippen LogP contribution in [-0.2, 0) is 13.9 Å². The summed E-state index contributed by atoms with van der Waals surface area (Å²) < 4.78 is 22.8. The zero-order valence-electron chi connectivity index (χ0n) is 16.0. The number of benzene rings is 1. The molecule has 1 amide bonds. The highest BCUT2D eigenvalue weighted by atomic mass is 31.1. The van der Waals surface area contributed by atoms with Gasteiger partial charge in [0.1, 0.15) is 0 Å². The molecule has 2 rings (SSSR count). The maximum Gasteiger partial charge on any atom is 0.549 e. The Kier molecular flexibility index (Phi) is 8.37. The molecule has 0 radical (unpaired) electrons. The molecular weight excluding hydrogens is 363 g/mol. The minimum absolute atomic E-state index is 0.296. The van der Waals surface area contributed by atoms with Gasteiger partial charge in [0.15, 0.2) is 6.61 Å². The Morgan fingerprint density at radius 1 is 1.19 bits per heavy atom. The van der Waals surface area contributed by atoms with Crippen molar-refractivity contribution in [3.8, 4) is 5.88 Å². The van der Waals surface area contributed by atoms with Crippen molar-refractivity contribution in [2.24, 2.45) is 0 Å². The molecule has 1 atom stereocenters. The highest BCUT2D eigenvalue weighted by Crippen LogP contribution is 2.23. The first-order valence-corrected chi connectivity index (χ1v) is 10.3. The number of hydrogen-bond donors (Lipinski definition) is 1. The van der Waals surface area contributed by atoms with E-state index in [1.165, 1.54) is 6.20 Å². The summed E-state index contributed by atoms with van der Waals surface area (Å²) in [5.41, 5.74) is 1.69. The van der Waals surface area contributed by atoms with E-state index in [0.29, 0.717) is 29.4 Å². The lowest BCUT2D eigenvalue weighted by molar-refractivity contribution is -0.118. The number of anilines is 1. The third-order valence-corrected chi connectivity index (χ3v) is 4.93. The fourth-order valence-corrected chi connectivity index (χ4v) is 3.01. The van der Waals surface area contributed by atoms with Gasteiger partial charge in [-0.05, 0) is 40.7 Å². The number of pyridine rings is 1. The normalized spacial score (nSPS) is 11.3. The van der Waals surface area contributed by atoms with Crippen molar-refractivity contribution in [3.63, 3.8) is 0 Å². The largest absolute Gasteiger partial charge is 0.549 e. The lowest BCUT2D eigenvalue weighted by atomic mass is 10.0. The smallest absolute Gasteiger partial charge is 0.478 e. The van der Waals surface area contributed by atoms with Gasteiger partial charge in [-0.1, -0.05) is 39.3 Å². The van der Waals surface area contributed by atoms with E-state index >= 15 is 0 Å². The number of amides is 1. The lowest BCUT2D eigenvalue weighted by Gasteiger charge is -2.06. The first-order valence-electron chi connectivity index (χ1n) is 9.08. The predicted molar refractivity (Wildman–Crippen MR) is 107 cm³/mol. The molecule has 144 valence electrons. The van der Waals surface area contributed by atoms with Gasteiger partial charge in [-0.15, -0.1) is 4.52 Å². The number of ether oxygens (including phenoxy) is 1. The van der Waals surface area contributed by atoms with Crippen molar-refractivity contribution in [2.75, 3.05) is 18.5 Å². The van der Waals surface area contributed by atoms with E-state index in [-0.39, 0.29) is 6.61 Å². The van der Waals surface area contributed by atoms with Crippen LogP contribution in [0.5, 0.6) is 5.88 Å². The van der Waals surface area contributed by atoms with Crippen molar-refractivity contribution < 1.29 is 18.6 Å². The van der Waals surface area contributed by atoms with Gasteiger partial charge in [0.25, 0.3) is 5.91 Å². The van der Waals surface area contributed by atoms with Crippen LogP contribution in [0.4, 0.5) is 5.69 Å². The molecule has 1 unspecified atom stereocenters. The SMILES string of the molecule is CCCCOc1ccc(NC(=O)CO[P+](=O)c2ccc(C(C)C)cc2)cn1. The summed E-state index contributed by atoms with van der Waals surface area (Å²) in [4.78, 5) is 16.1. The Hall–Kier alpha value is -2.30. The van der Waals surface area contributed by atoms with E-state index < -0.39 is 13.9 Å². The van der Waals surface area contributed by atoms with Gasteiger partial charge >= 0.3 is 8.03 Å². The predicted octanol–water partition coefficient (Wildman–Crippen LogP) is 4.41. The highest BCUT2D eigenvalue weighted by molar-refractivity contribution is 7.48. The van der Waals surface area contributed by atoms with E-state index in [0.717, 1.165) is 18.4 Å². The van der Waals surface area contributed by atoms with E-state index in [1.807, 2.05) is 12.1 Å².